The first kappa shape index (κ1) is 30.3. The van der Waals surface area contributed by atoms with Gasteiger partial charge in [-0.1, -0.05) is 49.4 Å². The zero-order valence-electron chi connectivity index (χ0n) is 24.1. The van der Waals surface area contributed by atoms with Crippen LogP contribution in [0.25, 0.3) is 0 Å². The van der Waals surface area contributed by atoms with Crippen LogP contribution in [-0.4, -0.2) is 41.6 Å². The molecule has 0 radical (unpaired) electrons. The van der Waals surface area contributed by atoms with Gasteiger partial charge in [0.05, 0.1) is 12.1 Å². The summed E-state index contributed by atoms with van der Waals surface area (Å²) in [6.45, 7) is 2.73. The number of carbonyl (C=O) groups excluding carboxylic acids is 2. The number of rotatable bonds is 13. The Kier molecular flexibility index (Phi) is 9.79. The number of carbonyl (C=O) groups is 2. The molecule has 3 aromatic rings. The quantitative estimate of drug-likeness (QED) is 0.236. The molecule has 0 fully saturated rings. The molecule has 0 saturated carbocycles. The fourth-order valence-corrected chi connectivity index (χ4v) is 5.60. The summed E-state index contributed by atoms with van der Waals surface area (Å²) < 4.78 is 33.7. The second-order valence-electron chi connectivity index (χ2n) is 11.1. The minimum atomic E-state index is -1.05. The smallest absolute Gasteiger partial charge is 0.220 e. The van der Waals surface area contributed by atoms with Crippen LogP contribution in [0, 0.1) is 11.6 Å². The lowest BCUT2D eigenvalue weighted by molar-refractivity contribution is -0.122. The number of aliphatic hydroxyl groups excluding tert-OH is 1. The van der Waals surface area contributed by atoms with Crippen LogP contribution < -0.4 is 15.4 Å². The molecule has 1 heterocycles. The van der Waals surface area contributed by atoms with Crippen LogP contribution in [0.15, 0.2) is 85.0 Å². The summed E-state index contributed by atoms with van der Waals surface area (Å²) in [5.74, 6) is -1.29. The summed E-state index contributed by atoms with van der Waals surface area (Å²) in [5.41, 5.74) is 4.01. The Hall–Kier alpha value is -4.14. The lowest BCUT2D eigenvalue weighted by Gasteiger charge is -2.25. The van der Waals surface area contributed by atoms with Crippen molar-refractivity contribution in [2.75, 3.05) is 6.54 Å². The van der Waals surface area contributed by atoms with Crippen molar-refractivity contribution in [3.05, 3.63) is 124 Å². The largest absolute Gasteiger partial charge is 0.485 e. The molecule has 0 bridgehead atoms. The number of hydrogen-bond donors (Lipinski definition) is 3. The predicted molar refractivity (Wildman–Crippen MR) is 161 cm³/mol. The van der Waals surface area contributed by atoms with Gasteiger partial charge >= 0.3 is 0 Å². The van der Waals surface area contributed by atoms with Crippen molar-refractivity contribution in [1.29, 1.82) is 0 Å². The highest BCUT2D eigenvalue weighted by Crippen LogP contribution is 2.41. The number of Topliss-reactive ketones (excluding diaryl/α,β-unsaturated/α-hetero) is 1. The summed E-state index contributed by atoms with van der Waals surface area (Å²) in [6.07, 6.45) is 7.59. The van der Waals surface area contributed by atoms with Crippen molar-refractivity contribution in [1.82, 2.24) is 10.6 Å². The van der Waals surface area contributed by atoms with Gasteiger partial charge in [0.1, 0.15) is 23.5 Å². The number of hydrogen-bond acceptors (Lipinski definition) is 5. The average Bonchev–Trinajstić information content (AvgIpc) is 3.37. The fraction of sp³-hybridized carbons (Fsp3) is 0.314. The summed E-state index contributed by atoms with van der Waals surface area (Å²) in [6, 6.07) is 15.7. The van der Waals surface area contributed by atoms with E-state index in [1.54, 1.807) is 12.1 Å². The summed E-state index contributed by atoms with van der Waals surface area (Å²) in [5, 5.41) is 17.0. The topological polar surface area (TPSA) is 87.7 Å². The molecule has 1 aliphatic carbocycles. The summed E-state index contributed by atoms with van der Waals surface area (Å²) in [7, 11) is 0. The number of fused-ring (bicyclic) bond motifs is 3. The van der Waals surface area contributed by atoms with Crippen LogP contribution in [0.3, 0.4) is 0 Å². The number of ketones is 1. The molecule has 1 amide bonds. The van der Waals surface area contributed by atoms with Crippen molar-refractivity contribution < 1.29 is 28.2 Å². The third-order valence-electron chi connectivity index (χ3n) is 7.89. The number of amides is 1. The standard InChI is InChI=1S/C35H36F2N2O4/c1-2-22-6-5-7-23(14-22)20-38-21-32(41)30(17-24-15-26(36)19-27(37)16-24)39-35(42)13-11-31(40)25-10-12-34-29(18-25)28-8-3-4-9-33(28)43-34/h3-10,12,14-16,18-19,28,30,32-33,38,41H,2,11,13,17,20-21H2,1H3,(H,39,42)/t28?,30-,32-,33?/m0/s1. The van der Waals surface area contributed by atoms with E-state index in [-0.39, 0.29) is 43.6 Å². The van der Waals surface area contributed by atoms with Gasteiger partial charge in [0.15, 0.2) is 5.78 Å². The van der Waals surface area contributed by atoms with Gasteiger partial charge < -0.3 is 20.5 Å². The van der Waals surface area contributed by atoms with Gasteiger partial charge in [-0.05, 0) is 65.9 Å². The second-order valence-corrected chi connectivity index (χ2v) is 11.1. The molecule has 8 heteroatoms. The zero-order chi connectivity index (χ0) is 30.3. The molecule has 2 aliphatic rings. The third-order valence-corrected chi connectivity index (χ3v) is 7.89. The van der Waals surface area contributed by atoms with Crippen LogP contribution in [0.2, 0.25) is 0 Å². The molecule has 5 rings (SSSR count). The second kappa shape index (κ2) is 13.9. The van der Waals surface area contributed by atoms with Crippen molar-refractivity contribution in [3.63, 3.8) is 0 Å². The molecule has 2 unspecified atom stereocenters. The van der Waals surface area contributed by atoms with Gasteiger partial charge in [-0.3, -0.25) is 9.59 Å². The molecule has 3 N–H and O–H groups in total. The third kappa shape index (κ3) is 7.83. The molecule has 0 aromatic heterocycles. The molecular formula is C35H36F2N2O4. The summed E-state index contributed by atoms with van der Waals surface area (Å²) in [4.78, 5) is 26.0. The van der Waals surface area contributed by atoms with Crippen molar-refractivity contribution in [3.8, 4) is 5.75 Å². The van der Waals surface area contributed by atoms with Crippen LogP contribution in [0.5, 0.6) is 5.75 Å². The first-order valence-electron chi connectivity index (χ1n) is 14.7. The van der Waals surface area contributed by atoms with E-state index >= 15 is 0 Å². The minimum absolute atomic E-state index is 0.0118. The van der Waals surface area contributed by atoms with Crippen molar-refractivity contribution >= 4 is 11.7 Å². The Bertz CT molecular complexity index is 1520. The molecule has 3 aromatic carbocycles. The fourth-order valence-electron chi connectivity index (χ4n) is 5.60. The Morgan fingerprint density at radius 2 is 1.70 bits per heavy atom. The Labute approximate surface area is 250 Å². The molecular weight excluding hydrogens is 550 g/mol. The monoisotopic (exact) mass is 586 g/mol. The van der Waals surface area contributed by atoms with E-state index in [2.05, 4.69) is 23.6 Å². The Morgan fingerprint density at radius 1 is 0.930 bits per heavy atom. The lowest BCUT2D eigenvalue weighted by atomic mass is 9.90. The number of benzene rings is 3. The maximum atomic E-state index is 13.9. The highest BCUT2D eigenvalue weighted by atomic mass is 19.1. The van der Waals surface area contributed by atoms with E-state index in [1.165, 1.54) is 17.7 Å². The van der Waals surface area contributed by atoms with Gasteiger partial charge in [0.2, 0.25) is 5.91 Å². The lowest BCUT2D eigenvalue weighted by Crippen LogP contribution is -2.48. The number of nitrogens with one attached hydrogen (secondary N) is 2. The first-order chi connectivity index (χ1) is 20.8. The van der Waals surface area contributed by atoms with Crippen LogP contribution in [0.4, 0.5) is 8.78 Å². The number of allylic oxidation sites excluding steroid dienone is 2. The van der Waals surface area contributed by atoms with E-state index in [4.69, 9.17) is 4.74 Å². The number of aryl methyl sites for hydroxylation is 1. The normalized spacial score (nSPS) is 18.0. The van der Waals surface area contributed by atoms with E-state index in [0.717, 1.165) is 29.4 Å². The van der Waals surface area contributed by atoms with Gasteiger partial charge in [-0.15, -0.1) is 0 Å². The van der Waals surface area contributed by atoms with E-state index in [0.29, 0.717) is 17.7 Å². The molecule has 43 heavy (non-hydrogen) atoms. The van der Waals surface area contributed by atoms with Gasteiger partial charge in [-0.2, -0.15) is 0 Å². The Balaban J connectivity index is 1.20. The molecule has 6 nitrogen and oxygen atoms in total. The number of ether oxygens (including phenoxy) is 1. The predicted octanol–water partition coefficient (Wildman–Crippen LogP) is 5.34. The maximum absolute atomic E-state index is 13.9. The molecule has 0 saturated heterocycles. The summed E-state index contributed by atoms with van der Waals surface area (Å²) >= 11 is 0. The van der Waals surface area contributed by atoms with Gasteiger partial charge in [-0.25, -0.2) is 8.78 Å². The van der Waals surface area contributed by atoms with E-state index in [9.17, 15) is 23.5 Å². The zero-order valence-corrected chi connectivity index (χ0v) is 24.1. The van der Waals surface area contributed by atoms with Crippen molar-refractivity contribution in [2.45, 2.75) is 63.3 Å². The molecule has 1 aliphatic heterocycles. The maximum Gasteiger partial charge on any atom is 0.220 e. The first-order valence-corrected chi connectivity index (χ1v) is 14.7. The molecule has 0 spiro atoms. The highest BCUT2D eigenvalue weighted by molar-refractivity contribution is 5.98. The molecule has 4 atom stereocenters. The number of halogens is 2. The average molecular weight is 587 g/mol. The van der Waals surface area contributed by atoms with Gasteiger partial charge in [0, 0.05) is 49.0 Å². The highest BCUT2D eigenvalue weighted by Gasteiger charge is 2.32. The van der Waals surface area contributed by atoms with Crippen LogP contribution in [0.1, 0.15) is 58.3 Å². The Morgan fingerprint density at radius 3 is 2.49 bits per heavy atom. The van der Waals surface area contributed by atoms with Crippen molar-refractivity contribution in [2.24, 2.45) is 0 Å². The van der Waals surface area contributed by atoms with E-state index in [1.807, 2.05) is 48.6 Å². The SMILES string of the molecule is CCc1cccc(CNC[C@H](O)[C@H](Cc2cc(F)cc(F)c2)NC(=O)CCC(=O)c2ccc3c(c2)C2C=CC=CC2O3)c1. The number of aliphatic hydroxyl groups is 1. The minimum Gasteiger partial charge on any atom is -0.485 e. The van der Waals surface area contributed by atoms with Crippen LogP contribution >= 0.6 is 0 Å². The van der Waals surface area contributed by atoms with Crippen LogP contribution in [-0.2, 0) is 24.2 Å². The van der Waals surface area contributed by atoms with E-state index < -0.39 is 29.7 Å². The van der Waals surface area contributed by atoms with Gasteiger partial charge in [0.25, 0.3) is 0 Å². The molecule has 224 valence electrons.